The van der Waals surface area contributed by atoms with Crippen molar-refractivity contribution in [3.63, 3.8) is 0 Å². The van der Waals surface area contributed by atoms with Crippen LogP contribution >= 0.6 is 0 Å². The maximum Gasteiger partial charge on any atom is 0.252 e. The van der Waals surface area contributed by atoms with E-state index in [9.17, 15) is 9.90 Å². The fourth-order valence-electron chi connectivity index (χ4n) is 4.41. The van der Waals surface area contributed by atoms with E-state index in [0.29, 0.717) is 30.9 Å². The van der Waals surface area contributed by atoms with Gasteiger partial charge in [-0.1, -0.05) is 30.3 Å². The van der Waals surface area contributed by atoms with E-state index in [2.05, 4.69) is 4.90 Å². The van der Waals surface area contributed by atoms with E-state index in [-0.39, 0.29) is 18.6 Å². The highest BCUT2D eigenvalue weighted by molar-refractivity contribution is 5.98. The van der Waals surface area contributed by atoms with Crippen LogP contribution in [0, 0.1) is 0 Å². The molecule has 0 unspecified atom stereocenters. The third kappa shape index (κ3) is 3.23. The number of amides is 1. The first-order valence-electron chi connectivity index (χ1n) is 9.76. The van der Waals surface area contributed by atoms with Gasteiger partial charge in [-0.2, -0.15) is 0 Å². The van der Waals surface area contributed by atoms with E-state index in [0.717, 1.165) is 28.1 Å². The molecule has 0 aromatic heterocycles. The molecule has 2 heterocycles. The normalized spacial score (nSPS) is 18.5. The Bertz CT molecular complexity index is 955. The third-order valence-corrected chi connectivity index (χ3v) is 5.87. The van der Waals surface area contributed by atoms with E-state index >= 15 is 0 Å². The molecule has 1 amide bonds. The molecule has 2 aliphatic rings. The highest BCUT2D eigenvalue weighted by atomic mass is 16.5. The maximum absolute atomic E-state index is 13.4. The number of aliphatic hydroxyl groups is 1. The minimum atomic E-state index is -0.0984. The number of aliphatic hydroxyl groups excluding tert-OH is 1. The van der Waals surface area contributed by atoms with Crippen molar-refractivity contribution in [1.29, 1.82) is 0 Å². The van der Waals surface area contributed by atoms with Crippen LogP contribution in [0.15, 0.2) is 53.7 Å². The van der Waals surface area contributed by atoms with Gasteiger partial charge >= 0.3 is 0 Å². The van der Waals surface area contributed by atoms with Crippen molar-refractivity contribution in [2.75, 3.05) is 39.3 Å². The van der Waals surface area contributed by atoms with Gasteiger partial charge in [-0.25, -0.2) is 0 Å². The molecule has 1 atom stereocenters. The predicted molar refractivity (Wildman–Crippen MR) is 111 cm³/mol. The summed E-state index contributed by atoms with van der Waals surface area (Å²) in [6.45, 7) is 0.257. The van der Waals surface area contributed by atoms with E-state index in [1.54, 1.807) is 19.1 Å². The molecule has 0 bridgehead atoms. The van der Waals surface area contributed by atoms with Crippen molar-refractivity contribution >= 4 is 11.6 Å². The van der Waals surface area contributed by atoms with Gasteiger partial charge in [-0.3, -0.25) is 4.79 Å². The van der Waals surface area contributed by atoms with Crippen molar-refractivity contribution in [2.45, 2.75) is 18.9 Å². The van der Waals surface area contributed by atoms with E-state index < -0.39 is 0 Å². The van der Waals surface area contributed by atoms with Crippen molar-refractivity contribution in [2.24, 2.45) is 0 Å². The minimum absolute atomic E-state index is 0.0126. The molecule has 1 N–H and O–H groups in total. The van der Waals surface area contributed by atoms with E-state index in [1.165, 1.54) is 0 Å². The van der Waals surface area contributed by atoms with Crippen molar-refractivity contribution in [3.05, 3.63) is 64.9 Å². The fraction of sp³-hybridized carbons (Fsp3) is 0.348. The van der Waals surface area contributed by atoms with Gasteiger partial charge in [0, 0.05) is 49.5 Å². The van der Waals surface area contributed by atoms with Crippen LogP contribution in [0.3, 0.4) is 0 Å². The van der Waals surface area contributed by atoms with Gasteiger partial charge in [-0.05, 0) is 17.2 Å². The number of rotatable bonds is 5. The number of ether oxygens (including phenoxy) is 2. The number of anilines is 1. The third-order valence-electron chi connectivity index (χ3n) is 5.87. The Kier molecular flexibility index (Phi) is 5.20. The summed E-state index contributed by atoms with van der Waals surface area (Å²) in [5.41, 5.74) is 4.94. The number of β-amino-alcohol motifs (C(OH)–C–C–N with tert-alkyl or cyclic N) is 1. The Labute approximate surface area is 171 Å². The van der Waals surface area contributed by atoms with Crippen LogP contribution in [0.25, 0.3) is 0 Å². The molecule has 6 heteroatoms. The Morgan fingerprint density at radius 1 is 1.10 bits per heavy atom. The SMILES string of the molecule is COc1cc2c(cc1OC)N(C)C1=C(C2)C(=O)N(CCO)[C@@H](c2ccccc2)C1. The first kappa shape index (κ1) is 19.3. The van der Waals surface area contributed by atoms with Gasteiger partial charge in [0.05, 0.1) is 26.9 Å². The molecule has 2 aromatic carbocycles. The zero-order chi connectivity index (χ0) is 20.5. The molecule has 0 radical (unpaired) electrons. The summed E-state index contributed by atoms with van der Waals surface area (Å²) in [5, 5.41) is 9.58. The van der Waals surface area contributed by atoms with Crippen LogP contribution in [0.2, 0.25) is 0 Å². The average molecular weight is 394 g/mol. The first-order chi connectivity index (χ1) is 14.1. The molecule has 0 aliphatic carbocycles. The van der Waals surface area contributed by atoms with Gasteiger partial charge in [0.25, 0.3) is 5.91 Å². The van der Waals surface area contributed by atoms with Gasteiger partial charge in [0.1, 0.15) is 0 Å². The zero-order valence-electron chi connectivity index (χ0n) is 17.0. The van der Waals surface area contributed by atoms with E-state index in [4.69, 9.17) is 9.47 Å². The summed E-state index contributed by atoms with van der Waals surface area (Å²) in [5.74, 6) is 1.31. The van der Waals surface area contributed by atoms with Gasteiger partial charge in [0.2, 0.25) is 0 Å². The molecule has 4 rings (SSSR count). The number of fused-ring (bicyclic) bond motifs is 1. The lowest BCUT2D eigenvalue weighted by Gasteiger charge is -2.43. The lowest BCUT2D eigenvalue weighted by atomic mass is 9.86. The molecular weight excluding hydrogens is 368 g/mol. The van der Waals surface area contributed by atoms with Gasteiger partial charge in [0.15, 0.2) is 11.5 Å². The average Bonchev–Trinajstić information content (AvgIpc) is 2.76. The second kappa shape index (κ2) is 7.79. The molecule has 29 heavy (non-hydrogen) atoms. The van der Waals surface area contributed by atoms with Crippen molar-refractivity contribution < 1.29 is 19.4 Å². The van der Waals surface area contributed by atoms with Crippen molar-refractivity contribution in [1.82, 2.24) is 4.90 Å². The number of carbonyl (C=O) groups is 1. The molecule has 0 saturated carbocycles. The molecule has 0 fully saturated rings. The summed E-state index contributed by atoms with van der Waals surface area (Å²) in [6, 6.07) is 13.8. The lowest BCUT2D eigenvalue weighted by molar-refractivity contribution is -0.131. The zero-order valence-corrected chi connectivity index (χ0v) is 17.0. The monoisotopic (exact) mass is 394 g/mol. The second-order valence-electron chi connectivity index (χ2n) is 7.35. The molecule has 2 aliphatic heterocycles. The first-order valence-corrected chi connectivity index (χ1v) is 9.76. The number of hydrogen-bond acceptors (Lipinski definition) is 5. The molecular formula is C23H26N2O4. The smallest absolute Gasteiger partial charge is 0.252 e. The molecule has 0 spiro atoms. The second-order valence-corrected chi connectivity index (χ2v) is 7.35. The molecule has 2 aromatic rings. The van der Waals surface area contributed by atoms with Crippen LogP contribution in [0.5, 0.6) is 11.5 Å². The Morgan fingerprint density at radius 2 is 1.79 bits per heavy atom. The summed E-state index contributed by atoms with van der Waals surface area (Å²) in [7, 11) is 5.23. The Morgan fingerprint density at radius 3 is 2.45 bits per heavy atom. The Balaban J connectivity index is 1.78. The largest absolute Gasteiger partial charge is 0.493 e. The number of hydrogen-bond donors (Lipinski definition) is 1. The number of methoxy groups -OCH3 is 2. The Hall–Kier alpha value is -2.99. The summed E-state index contributed by atoms with van der Waals surface area (Å²) >= 11 is 0. The molecule has 0 saturated heterocycles. The highest BCUT2D eigenvalue weighted by Crippen LogP contribution is 2.45. The molecule has 152 valence electrons. The summed E-state index contributed by atoms with van der Waals surface area (Å²) in [6.07, 6.45) is 1.24. The van der Waals surface area contributed by atoms with Crippen molar-refractivity contribution in [3.8, 4) is 11.5 Å². The predicted octanol–water partition coefficient (Wildman–Crippen LogP) is 2.92. The minimum Gasteiger partial charge on any atom is -0.493 e. The van der Waals surface area contributed by atoms with Crippen LogP contribution in [0.1, 0.15) is 23.6 Å². The van der Waals surface area contributed by atoms with Crippen LogP contribution in [0.4, 0.5) is 5.69 Å². The number of carbonyl (C=O) groups excluding carboxylic acids is 1. The molecule has 6 nitrogen and oxygen atoms in total. The standard InChI is InChI=1S/C23H26N2O4/c1-24-18-14-22(29-3)21(28-2)12-16(18)11-17-20(24)13-19(15-7-5-4-6-8-15)25(9-10-26)23(17)27/h4-8,12,14,19,26H,9-11,13H2,1-3H3/t19-/m1/s1. The quantitative estimate of drug-likeness (QED) is 0.845. The summed E-state index contributed by atoms with van der Waals surface area (Å²) < 4.78 is 10.9. The summed E-state index contributed by atoms with van der Waals surface area (Å²) in [4.78, 5) is 17.3. The van der Waals surface area contributed by atoms with Crippen LogP contribution in [-0.4, -0.2) is 50.3 Å². The maximum atomic E-state index is 13.4. The number of nitrogens with zero attached hydrogens (tertiary/aromatic N) is 2. The highest BCUT2D eigenvalue weighted by Gasteiger charge is 2.39. The van der Waals surface area contributed by atoms with E-state index in [1.807, 2.05) is 49.5 Å². The van der Waals surface area contributed by atoms with Crippen LogP contribution < -0.4 is 14.4 Å². The number of benzene rings is 2. The fourth-order valence-corrected chi connectivity index (χ4v) is 4.41. The topological polar surface area (TPSA) is 62.2 Å². The lowest BCUT2D eigenvalue weighted by Crippen LogP contribution is -2.45. The van der Waals surface area contributed by atoms with Gasteiger partial charge in [-0.15, -0.1) is 0 Å². The van der Waals surface area contributed by atoms with Gasteiger partial charge < -0.3 is 24.4 Å². The van der Waals surface area contributed by atoms with Crippen LogP contribution in [-0.2, 0) is 11.2 Å².